The molecule has 0 bridgehead atoms. The fraction of sp³-hybridized carbons (Fsp3) is 0.625. The maximum Gasteiger partial charge on any atom is 0.393 e. The van der Waals surface area contributed by atoms with Crippen LogP contribution < -0.4 is 5.32 Å². The van der Waals surface area contributed by atoms with Crippen molar-refractivity contribution in [3.8, 4) is 0 Å². The van der Waals surface area contributed by atoms with Crippen molar-refractivity contribution >= 4 is 10.0 Å². The Kier molecular flexibility index (Phi) is 6.28. The van der Waals surface area contributed by atoms with E-state index in [-0.39, 0.29) is 10.5 Å². The molecule has 8 heteroatoms. The minimum Gasteiger partial charge on any atom is -0.317 e. The van der Waals surface area contributed by atoms with E-state index in [9.17, 15) is 21.6 Å². The molecule has 1 fully saturated rings. The summed E-state index contributed by atoms with van der Waals surface area (Å²) in [7, 11) is -3.63. The molecule has 24 heavy (non-hydrogen) atoms. The number of rotatable bonds is 6. The molecule has 0 aromatic heterocycles. The lowest BCUT2D eigenvalue weighted by molar-refractivity contribution is -0.127. The number of nitrogens with zero attached hydrogens (tertiary/aromatic N) is 1. The Bertz CT molecular complexity index is 622. The van der Waals surface area contributed by atoms with Crippen LogP contribution in [0, 0.1) is 5.92 Å². The maximum absolute atomic E-state index is 12.6. The standard InChI is InChI=1S/C16H23F3N2O2S/c1-2-20-12-14-7-9-21(10-8-14)24(22,23)15-5-3-13(4-6-15)11-16(17,18)19/h3-6,14,20H,2,7-12H2,1H3. The average Bonchev–Trinajstić information content (AvgIpc) is 2.52. The summed E-state index contributed by atoms with van der Waals surface area (Å²) in [6.07, 6.45) is -3.77. The summed E-state index contributed by atoms with van der Waals surface area (Å²) in [4.78, 5) is 0.0542. The van der Waals surface area contributed by atoms with Gasteiger partial charge in [0.2, 0.25) is 10.0 Å². The van der Waals surface area contributed by atoms with Gasteiger partial charge in [-0.15, -0.1) is 0 Å². The Balaban J connectivity index is 2.00. The minimum atomic E-state index is -4.30. The molecule has 1 aromatic rings. The first-order chi connectivity index (χ1) is 11.2. The topological polar surface area (TPSA) is 49.4 Å². The van der Waals surface area contributed by atoms with E-state index < -0.39 is 22.6 Å². The highest BCUT2D eigenvalue weighted by atomic mass is 32.2. The van der Waals surface area contributed by atoms with Gasteiger partial charge in [-0.25, -0.2) is 8.42 Å². The quantitative estimate of drug-likeness (QED) is 0.844. The van der Waals surface area contributed by atoms with Crippen LogP contribution in [0.4, 0.5) is 13.2 Å². The molecule has 1 saturated heterocycles. The Morgan fingerprint density at radius 3 is 2.25 bits per heavy atom. The van der Waals surface area contributed by atoms with Crippen LogP contribution in [0.5, 0.6) is 0 Å². The van der Waals surface area contributed by atoms with Crippen LogP contribution in [0.25, 0.3) is 0 Å². The zero-order valence-corrected chi connectivity index (χ0v) is 14.5. The molecule has 2 rings (SSSR count). The van der Waals surface area contributed by atoms with E-state index in [4.69, 9.17) is 0 Å². The fourth-order valence-electron chi connectivity index (χ4n) is 2.86. The van der Waals surface area contributed by atoms with Crippen LogP contribution in [-0.2, 0) is 16.4 Å². The zero-order chi connectivity index (χ0) is 17.8. The van der Waals surface area contributed by atoms with E-state index in [0.717, 1.165) is 25.9 Å². The third-order valence-electron chi connectivity index (χ3n) is 4.22. The summed E-state index contributed by atoms with van der Waals surface area (Å²) in [6, 6.07) is 5.00. The van der Waals surface area contributed by atoms with E-state index in [0.29, 0.717) is 19.0 Å². The Hall–Kier alpha value is -1.12. The van der Waals surface area contributed by atoms with Crippen LogP contribution >= 0.6 is 0 Å². The SMILES string of the molecule is CCNCC1CCN(S(=O)(=O)c2ccc(CC(F)(F)F)cc2)CC1. The smallest absolute Gasteiger partial charge is 0.317 e. The molecular formula is C16H23F3N2O2S. The first kappa shape index (κ1) is 19.2. The molecule has 0 spiro atoms. The number of nitrogens with one attached hydrogen (secondary N) is 1. The normalized spacial score (nSPS) is 18.0. The second kappa shape index (κ2) is 7.84. The number of halogens is 3. The van der Waals surface area contributed by atoms with Crippen LogP contribution in [0.2, 0.25) is 0 Å². The largest absolute Gasteiger partial charge is 0.393 e. The number of piperidine rings is 1. The number of sulfonamides is 1. The molecule has 1 aromatic carbocycles. The molecule has 0 radical (unpaired) electrons. The molecular weight excluding hydrogens is 341 g/mol. The van der Waals surface area contributed by atoms with E-state index in [1.54, 1.807) is 0 Å². The highest BCUT2D eigenvalue weighted by Gasteiger charge is 2.30. The second-order valence-corrected chi connectivity index (χ2v) is 8.03. The molecule has 0 unspecified atom stereocenters. The van der Waals surface area contributed by atoms with Gasteiger partial charge in [-0.2, -0.15) is 17.5 Å². The van der Waals surface area contributed by atoms with Crippen molar-refractivity contribution < 1.29 is 21.6 Å². The first-order valence-corrected chi connectivity index (χ1v) is 9.53. The lowest BCUT2D eigenvalue weighted by Crippen LogP contribution is -2.40. The van der Waals surface area contributed by atoms with Gasteiger partial charge in [-0.3, -0.25) is 0 Å². The molecule has 0 amide bonds. The van der Waals surface area contributed by atoms with E-state index in [2.05, 4.69) is 5.32 Å². The Morgan fingerprint density at radius 1 is 1.17 bits per heavy atom. The summed E-state index contributed by atoms with van der Waals surface area (Å²) < 4.78 is 63.7. The van der Waals surface area contributed by atoms with Crippen molar-refractivity contribution in [3.05, 3.63) is 29.8 Å². The van der Waals surface area contributed by atoms with Gasteiger partial charge < -0.3 is 5.32 Å². The van der Waals surface area contributed by atoms with Crippen molar-refractivity contribution in [2.24, 2.45) is 5.92 Å². The molecule has 0 saturated carbocycles. The summed E-state index contributed by atoms with van der Waals surface area (Å²) in [5, 5.41) is 3.27. The molecule has 4 nitrogen and oxygen atoms in total. The lowest BCUT2D eigenvalue weighted by Gasteiger charge is -2.31. The highest BCUT2D eigenvalue weighted by Crippen LogP contribution is 2.25. The number of hydrogen-bond acceptors (Lipinski definition) is 3. The van der Waals surface area contributed by atoms with Gasteiger partial charge in [-0.1, -0.05) is 19.1 Å². The number of alkyl halides is 3. The van der Waals surface area contributed by atoms with Crippen molar-refractivity contribution in [2.75, 3.05) is 26.2 Å². The number of benzene rings is 1. The lowest BCUT2D eigenvalue weighted by atomic mass is 9.98. The third-order valence-corrected chi connectivity index (χ3v) is 6.14. The summed E-state index contributed by atoms with van der Waals surface area (Å²) in [5.41, 5.74) is 0.0609. The van der Waals surface area contributed by atoms with Crippen LogP contribution in [-0.4, -0.2) is 45.1 Å². The highest BCUT2D eigenvalue weighted by molar-refractivity contribution is 7.89. The van der Waals surface area contributed by atoms with Crippen molar-refractivity contribution in [1.29, 1.82) is 0 Å². The second-order valence-electron chi connectivity index (χ2n) is 6.09. The summed E-state index contributed by atoms with van der Waals surface area (Å²) in [5.74, 6) is 0.463. The fourth-order valence-corrected chi connectivity index (χ4v) is 4.33. The van der Waals surface area contributed by atoms with Crippen LogP contribution in [0.1, 0.15) is 25.3 Å². The molecule has 136 valence electrons. The predicted molar refractivity (Wildman–Crippen MR) is 86.2 cm³/mol. The minimum absolute atomic E-state index is 0.0542. The van der Waals surface area contributed by atoms with E-state index >= 15 is 0 Å². The Labute approximate surface area is 141 Å². The summed E-state index contributed by atoms with van der Waals surface area (Å²) in [6.45, 7) is 4.70. The van der Waals surface area contributed by atoms with Crippen molar-refractivity contribution in [2.45, 2.75) is 37.3 Å². The summed E-state index contributed by atoms with van der Waals surface area (Å²) >= 11 is 0. The van der Waals surface area contributed by atoms with Gasteiger partial charge in [0.15, 0.2) is 0 Å². The predicted octanol–water partition coefficient (Wildman–Crippen LogP) is 2.80. The Morgan fingerprint density at radius 2 is 1.75 bits per heavy atom. The molecule has 0 aliphatic carbocycles. The van der Waals surface area contributed by atoms with E-state index in [1.807, 2.05) is 6.92 Å². The number of hydrogen-bond donors (Lipinski definition) is 1. The molecule has 0 atom stereocenters. The molecule has 1 aliphatic rings. The van der Waals surface area contributed by atoms with Crippen LogP contribution in [0.3, 0.4) is 0 Å². The molecule has 1 heterocycles. The van der Waals surface area contributed by atoms with Crippen LogP contribution in [0.15, 0.2) is 29.2 Å². The van der Waals surface area contributed by atoms with Gasteiger partial charge in [0.05, 0.1) is 11.3 Å². The monoisotopic (exact) mass is 364 g/mol. The van der Waals surface area contributed by atoms with Crippen molar-refractivity contribution in [1.82, 2.24) is 9.62 Å². The average molecular weight is 364 g/mol. The van der Waals surface area contributed by atoms with Gasteiger partial charge in [0.25, 0.3) is 0 Å². The first-order valence-electron chi connectivity index (χ1n) is 8.09. The molecule has 1 aliphatic heterocycles. The van der Waals surface area contributed by atoms with Crippen molar-refractivity contribution in [3.63, 3.8) is 0 Å². The molecule has 1 N–H and O–H groups in total. The van der Waals surface area contributed by atoms with Gasteiger partial charge in [-0.05, 0) is 49.5 Å². The van der Waals surface area contributed by atoms with Gasteiger partial charge in [0.1, 0.15) is 0 Å². The maximum atomic E-state index is 12.6. The van der Waals surface area contributed by atoms with Gasteiger partial charge >= 0.3 is 6.18 Å². The van der Waals surface area contributed by atoms with Gasteiger partial charge in [0, 0.05) is 13.1 Å². The third kappa shape index (κ3) is 5.19. The van der Waals surface area contributed by atoms with E-state index in [1.165, 1.54) is 28.6 Å². The zero-order valence-electron chi connectivity index (χ0n) is 13.6.